The van der Waals surface area contributed by atoms with Crippen molar-refractivity contribution in [1.29, 1.82) is 0 Å². The summed E-state index contributed by atoms with van der Waals surface area (Å²) in [5.74, 6) is 4.37. The van der Waals surface area contributed by atoms with E-state index in [1.165, 1.54) is 7.11 Å². The maximum atomic E-state index is 12.0. The van der Waals surface area contributed by atoms with Crippen LogP contribution < -0.4 is 14.2 Å². The SMILES string of the molecule is COC(=O)C(=C=NCCc1ccc(OC)c(OC)c1)c1ccc(OC)cc1. The molecule has 6 heteroatoms. The molecule has 0 bridgehead atoms. The maximum absolute atomic E-state index is 12.0. The summed E-state index contributed by atoms with van der Waals surface area (Å²) in [5.41, 5.74) is 1.98. The number of aliphatic imine (C=N–C) groups is 1. The molecule has 0 radical (unpaired) electrons. The van der Waals surface area contributed by atoms with Crippen molar-refractivity contribution >= 4 is 17.4 Å². The summed E-state index contributed by atoms with van der Waals surface area (Å²) >= 11 is 0. The maximum Gasteiger partial charge on any atom is 0.347 e. The van der Waals surface area contributed by atoms with Gasteiger partial charge in [0.25, 0.3) is 0 Å². The summed E-state index contributed by atoms with van der Waals surface area (Å²) in [4.78, 5) is 16.3. The molecular formula is C21H23NO5. The molecule has 0 saturated carbocycles. The van der Waals surface area contributed by atoms with E-state index in [-0.39, 0.29) is 5.57 Å². The van der Waals surface area contributed by atoms with E-state index in [2.05, 4.69) is 10.9 Å². The highest BCUT2D eigenvalue weighted by molar-refractivity contribution is 6.25. The lowest BCUT2D eigenvalue weighted by molar-refractivity contribution is -0.133. The molecule has 27 heavy (non-hydrogen) atoms. The van der Waals surface area contributed by atoms with Gasteiger partial charge in [0.05, 0.1) is 35.0 Å². The van der Waals surface area contributed by atoms with Gasteiger partial charge in [-0.2, -0.15) is 0 Å². The lowest BCUT2D eigenvalue weighted by atomic mass is 10.1. The van der Waals surface area contributed by atoms with Crippen LogP contribution in [0.2, 0.25) is 0 Å². The van der Waals surface area contributed by atoms with Crippen LogP contribution in [0, 0.1) is 0 Å². The highest BCUT2D eigenvalue weighted by atomic mass is 16.5. The number of carbonyl (C=O) groups is 1. The summed E-state index contributed by atoms with van der Waals surface area (Å²) in [7, 11) is 6.11. The molecule has 0 aliphatic carbocycles. The minimum atomic E-state index is -0.491. The van der Waals surface area contributed by atoms with E-state index >= 15 is 0 Å². The van der Waals surface area contributed by atoms with Gasteiger partial charge in [-0.25, -0.2) is 9.79 Å². The molecule has 2 aromatic carbocycles. The highest BCUT2D eigenvalue weighted by Gasteiger charge is 2.12. The molecule has 0 heterocycles. The number of nitrogens with zero attached hydrogens (tertiary/aromatic N) is 1. The van der Waals surface area contributed by atoms with E-state index in [9.17, 15) is 4.79 Å². The largest absolute Gasteiger partial charge is 0.497 e. The molecule has 2 rings (SSSR count). The number of esters is 1. The Morgan fingerprint density at radius 1 is 0.926 bits per heavy atom. The third-order valence-electron chi connectivity index (χ3n) is 3.92. The Kier molecular flexibility index (Phi) is 7.47. The predicted octanol–water partition coefficient (Wildman–Crippen LogP) is 3.18. The van der Waals surface area contributed by atoms with Crippen LogP contribution in [0.1, 0.15) is 11.1 Å². The molecule has 2 aromatic rings. The van der Waals surface area contributed by atoms with Crippen molar-refractivity contribution in [2.75, 3.05) is 35.0 Å². The van der Waals surface area contributed by atoms with Crippen molar-refractivity contribution in [1.82, 2.24) is 0 Å². The van der Waals surface area contributed by atoms with Crippen molar-refractivity contribution < 1.29 is 23.7 Å². The van der Waals surface area contributed by atoms with Gasteiger partial charge in [-0.15, -0.1) is 0 Å². The lowest BCUT2D eigenvalue weighted by Crippen LogP contribution is -2.05. The topological polar surface area (TPSA) is 66.4 Å². The summed E-state index contributed by atoms with van der Waals surface area (Å²) in [6.07, 6.45) is 0.671. The third kappa shape index (κ3) is 5.36. The first kappa shape index (κ1) is 20.1. The Bertz CT molecular complexity index is 836. The van der Waals surface area contributed by atoms with Crippen LogP contribution >= 0.6 is 0 Å². The first-order valence-corrected chi connectivity index (χ1v) is 8.36. The second kappa shape index (κ2) is 10.0. The Morgan fingerprint density at radius 3 is 2.22 bits per heavy atom. The molecular weight excluding hydrogens is 346 g/mol. The fraction of sp³-hybridized carbons (Fsp3) is 0.286. The first-order chi connectivity index (χ1) is 13.1. The Morgan fingerprint density at radius 2 is 1.63 bits per heavy atom. The molecule has 0 spiro atoms. The zero-order valence-corrected chi connectivity index (χ0v) is 15.9. The Labute approximate surface area is 159 Å². The zero-order valence-electron chi connectivity index (χ0n) is 15.9. The molecule has 0 saturated heterocycles. The number of hydrogen-bond donors (Lipinski definition) is 0. The van der Waals surface area contributed by atoms with E-state index in [1.54, 1.807) is 45.6 Å². The molecule has 0 unspecified atom stereocenters. The third-order valence-corrected chi connectivity index (χ3v) is 3.92. The minimum absolute atomic E-state index is 0.271. The van der Waals surface area contributed by atoms with Crippen LogP contribution in [0.4, 0.5) is 0 Å². The first-order valence-electron chi connectivity index (χ1n) is 8.36. The smallest absolute Gasteiger partial charge is 0.347 e. The highest BCUT2D eigenvalue weighted by Crippen LogP contribution is 2.27. The Hall–Kier alpha value is -3.24. The normalized spacial score (nSPS) is 9.78. The number of hydrogen-bond acceptors (Lipinski definition) is 6. The van der Waals surface area contributed by atoms with Crippen LogP contribution in [-0.4, -0.2) is 46.8 Å². The second-order valence-electron chi connectivity index (χ2n) is 5.53. The van der Waals surface area contributed by atoms with E-state index in [0.717, 1.165) is 5.56 Å². The number of benzene rings is 2. The average molecular weight is 369 g/mol. The molecule has 0 aliphatic heterocycles. The fourth-order valence-corrected chi connectivity index (χ4v) is 2.44. The van der Waals surface area contributed by atoms with Gasteiger partial charge in [0.2, 0.25) is 0 Å². The molecule has 0 aromatic heterocycles. The van der Waals surface area contributed by atoms with Gasteiger partial charge in [-0.3, -0.25) is 0 Å². The number of ether oxygens (including phenoxy) is 4. The van der Waals surface area contributed by atoms with Gasteiger partial charge in [0.1, 0.15) is 11.3 Å². The standard InChI is InChI=1S/C21H23NO5/c1-24-17-8-6-16(7-9-17)18(21(23)27-4)14-22-12-11-15-5-10-19(25-2)20(13-15)26-3/h5-10,13H,11-12H2,1-4H3. The average Bonchev–Trinajstić information content (AvgIpc) is 2.73. The van der Waals surface area contributed by atoms with E-state index in [4.69, 9.17) is 18.9 Å². The van der Waals surface area contributed by atoms with Crippen molar-refractivity contribution in [3.8, 4) is 17.2 Å². The van der Waals surface area contributed by atoms with Gasteiger partial charge in [-0.1, -0.05) is 6.07 Å². The summed E-state index contributed by atoms with van der Waals surface area (Å²) in [6, 6.07) is 12.8. The van der Waals surface area contributed by atoms with Crippen LogP contribution in [0.25, 0.3) is 5.57 Å². The van der Waals surface area contributed by atoms with Crippen LogP contribution in [0.15, 0.2) is 47.5 Å². The second-order valence-corrected chi connectivity index (χ2v) is 5.53. The molecule has 0 N–H and O–H groups in total. The molecule has 0 aliphatic rings. The van der Waals surface area contributed by atoms with Crippen LogP contribution in [0.5, 0.6) is 17.2 Å². The number of carbonyl (C=O) groups excluding carboxylic acids is 1. The van der Waals surface area contributed by atoms with Gasteiger partial charge in [0, 0.05) is 0 Å². The van der Waals surface area contributed by atoms with E-state index < -0.39 is 5.97 Å². The molecule has 142 valence electrons. The molecule has 0 amide bonds. The van der Waals surface area contributed by atoms with Crippen molar-refractivity contribution in [3.63, 3.8) is 0 Å². The summed E-state index contributed by atoms with van der Waals surface area (Å²) < 4.78 is 20.5. The Balaban J connectivity index is 2.16. The van der Waals surface area contributed by atoms with E-state index in [0.29, 0.717) is 35.8 Å². The van der Waals surface area contributed by atoms with E-state index in [1.807, 2.05) is 18.2 Å². The lowest BCUT2D eigenvalue weighted by Gasteiger charge is -2.08. The molecule has 6 nitrogen and oxygen atoms in total. The number of methoxy groups -OCH3 is 4. The summed E-state index contributed by atoms with van der Waals surface area (Å²) in [5, 5.41) is 0. The van der Waals surface area contributed by atoms with Gasteiger partial charge in [0.15, 0.2) is 11.5 Å². The van der Waals surface area contributed by atoms with Crippen LogP contribution in [-0.2, 0) is 16.0 Å². The summed E-state index contributed by atoms with van der Waals surface area (Å²) in [6.45, 7) is 0.464. The van der Waals surface area contributed by atoms with Crippen molar-refractivity contribution in [3.05, 3.63) is 53.6 Å². The van der Waals surface area contributed by atoms with Gasteiger partial charge >= 0.3 is 5.97 Å². The van der Waals surface area contributed by atoms with Crippen molar-refractivity contribution in [2.24, 2.45) is 4.99 Å². The van der Waals surface area contributed by atoms with Crippen molar-refractivity contribution in [2.45, 2.75) is 6.42 Å². The van der Waals surface area contributed by atoms with Crippen LogP contribution in [0.3, 0.4) is 0 Å². The fourth-order valence-electron chi connectivity index (χ4n) is 2.44. The predicted molar refractivity (Wildman–Crippen MR) is 104 cm³/mol. The van der Waals surface area contributed by atoms with Gasteiger partial charge < -0.3 is 18.9 Å². The molecule has 0 fully saturated rings. The van der Waals surface area contributed by atoms with Gasteiger partial charge in [-0.05, 0) is 59.8 Å². The minimum Gasteiger partial charge on any atom is -0.497 e. The quantitative estimate of drug-likeness (QED) is 0.406. The molecule has 0 atom stereocenters. The number of rotatable bonds is 8. The monoisotopic (exact) mass is 369 g/mol. The zero-order chi connectivity index (χ0) is 19.6.